The topological polar surface area (TPSA) is 21.3 Å². The third-order valence-electron chi connectivity index (χ3n) is 2.39. The number of rotatable bonds is 5. The van der Waals surface area contributed by atoms with Gasteiger partial charge < -0.3 is 10.1 Å². The van der Waals surface area contributed by atoms with Gasteiger partial charge in [-0.1, -0.05) is 11.6 Å². The molecular weight excluding hydrogens is 346 g/mol. The number of anilines is 1. The number of hydrogen-bond donors (Lipinski definition) is 1. The van der Waals surface area contributed by atoms with Crippen molar-refractivity contribution in [3.8, 4) is 5.75 Å². The average Bonchev–Trinajstić information content (AvgIpc) is 2.67. The minimum Gasteiger partial charge on any atom is -0.491 e. The third kappa shape index (κ3) is 4.41. The molecular formula is C14H15BrClNOS. The second-order valence-corrected chi connectivity index (χ2v) is 6.97. The number of hydrogen-bond acceptors (Lipinski definition) is 3. The molecule has 5 heteroatoms. The predicted molar refractivity (Wildman–Crippen MR) is 86.6 cm³/mol. The molecule has 0 radical (unpaired) electrons. The summed E-state index contributed by atoms with van der Waals surface area (Å²) in [6, 6.07) is 10.0. The van der Waals surface area contributed by atoms with E-state index >= 15 is 0 Å². The summed E-state index contributed by atoms with van der Waals surface area (Å²) in [7, 11) is 0. The van der Waals surface area contributed by atoms with Crippen LogP contribution in [0.4, 0.5) is 5.69 Å². The Morgan fingerprint density at radius 3 is 2.53 bits per heavy atom. The van der Waals surface area contributed by atoms with Gasteiger partial charge in [0.25, 0.3) is 0 Å². The van der Waals surface area contributed by atoms with Gasteiger partial charge >= 0.3 is 0 Å². The van der Waals surface area contributed by atoms with Gasteiger partial charge in [-0.3, -0.25) is 0 Å². The van der Waals surface area contributed by atoms with Crippen LogP contribution in [0.2, 0.25) is 4.34 Å². The first kappa shape index (κ1) is 14.7. The van der Waals surface area contributed by atoms with Gasteiger partial charge in [0.2, 0.25) is 0 Å². The average molecular weight is 361 g/mol. The SMILES string of the molecule is CC(C)Oc1ccc(NCc2cc(Br)c(Cl)s2)cc1. The van der Waals surface area contributed by atoms with Crippen molar-refractivity contribution in [1.82, 2.24) is 0 Å². The van der Waals surface area contributed by atoms with Gasteiger partial charge in [0, 0.05) is 21.6 Å². The van der Waals surface area contributed by atoms with E-state index in [9.17, 15) is 0 Å². The van der Waals surface area contributed by atoms with Crippen molar-refractivity contribution in [2.75, 3.05) is 5.32 Å². The summed E-state index contributed by atoms with van der Waals surface area (Å²) in [5, 5.41) is 3.36. The zero-order chi connectivity index (χ0) is 13.8. The van der Waals surface area contributed by atoms with Crippen LogP contribution in [-0.4, -0.2) is 6.10 Å². The van der Waals surface area contributed by atoms with Crippen molar-refractivity contribution < 1.29 is 4.74 Å². The normalized spacial score (nSPS) is 10.8. The molecule has 19 heavy (non-hydrogen) atoms. The molecule has 0 fully saturated rings. The molecule has 1 aromatic heterocycles. The Balaban J connectivity index is 1.92. The largest absolute Gasteiger partial charge is 0.491 e. The highest BCUT2D eigenvalue weighted by Crippen LogP contribution is 2.32. The maximum atomic E-state index is 6.01. The molecule has 0 atom stereocenters. The number of nitrogens with one attached hydrogen (secondary N) is 1. The van der Waals surface area contributed by atoms with E-state index in [1.165, 1.54) is 4.88 Å². The Morgan fingerprint density at radius 1 is 1.32 bits per heavy atom. The second-order valence-electron chi connectivity index (χ2n) is 4.38. The van der Waals surface area contributed by atoms with Crippen LogP contribution >= 0.6 is 38.9 Å². The highest BCUT2D eigenvalue weighted by Gasteiger charge is 2.04. The van der Waals surface area contributed by atoms with E-state index in [4.69, 9.17) is 16.3 Å². The summed E-state index contributed by atoms with van der Waals surface area (Å²) in [4.78, 5) is 1.19. The smallest absolute Gasteiger partial charge is 0.119 e. The van der Waals surface area contributed by atoms with Gasteiger partial charge in [0.05, 0.1) is 6.10 Å². The Bertz CT molecular complexity index is 519. The fourth-order valence-corrected chi connectivity index (χ4v) is 3.32. The van der Waals surface area contributed by atoms with E-state index in [0.29, 0.717) is 0 Å². The van der Waals surface area contributed by atoms with Gasteiger partial charge in [0.15, 0.2) is 0 Å². The Morgan fingerprint density at radius 2 is 2.00 bits per heavy atom. The van der Waals surface area contributed by atoms with Crippen LogP contribution in [0.15, 0.2) is 34.8 Å². The van der Waals surface area contributed by atoms with Crippen molar-refractivity contribution in [2.45, 2.75) is 26.5 Å². The van der Waals surface area contributed by atoms with Crippen LogP contribution in [-0.2, 0) is 6.54 Å². The van der Waals surface area contributed by atoms with Gasteiger partial charge in [-0.25, -0.2) is 0 Å². The Hall–Kier alpha value is -0.710. The highest BCUT2D eigenvalue weighted by molar-refractivity contribution is 9.10. The molecule has 0 saturated heterocycles. The molecule has 1 heterocycles. The quantitative estimate of drug-likeness (QED) is 0.753. The summed E-state index contributed by atoms with van der Waals surface area (Å²) in [6.07, 6.45) is 0.199. The first-order valence-electron chi connectivity index (χ1n) is 5.99. The first-order chi connectivity index (χ1) is 9.04. The number of ether oxygens (including phenoxy) is 1. The zero-order valence-corrected chi connectivity index (χ0v) is 13.9. The van der Waals surface area contributed by atoms with E-state index in [1.54, 1.807) is 11.3 Å². The minimum absolute atomic E-state index is 0.199. The summed E-state index contributed by atoms with van der Waals surface area (Å²) in [5.41, 5.74) is 1.07. The van der Waals surface area contributed by atoms with E-state index in [-0.39, 0.29) is 6.10 Å². The molecule has 0 aliphatic heterocycles. The van der Waals surface area contributed by atoms with Crippen molar-refractivity contribution in [1.29, 1.82) is 0 Å². The lowest BCUT2D eigenvalue weighted by Crippen LogP contribution is -2.05. The summed E-state index contributed by atoms with van der Waals surface area (Å²) < 4.78 is 7.35. The van der Waals surface area contributed by atoms with Crippen LogP contribution < -0.4 is 10.1 Å². The highest BCUT2D eigenvalue weighted by atomic mass is 79.9. The molecule has 0 unspecified atom stereocenters. The van der Waals surface area contributed by atoms with Crippen LogP contribution in [0.1, 0.15) is 18.7 Å². The number of benzene rings is 1. The van der Waals surface area contributed by atoms with Gasteiger partial charge in [-0.15, -0.1) is 11.3 Å². The lowest BCUT2D eigenvalue weighted by Gasteiger charge is -2.10. The van der Waals surface area contributed by atoms with E-state index < -0.39 is 0 Å². The molecule has 1 aromatic carbocycles. The first-order valence-corrected chi connectivity index (χ1v) is 7.97. The molecule has 1 N–H and O–H groups in total. The maximum absolute atomic E-state index is 6.01. The van der Waals surface area contributed by atoms with Crippen LogP contribution in [0.5, 0.6) is 5.75 Å². The molecule has 0 aliphatic carbocycles. The van der Waals surface area contributed by atoms with Crippen LogP contribution in [0.25, 0.3) is 0 Å². The Kier molecular flexibility index (Phi) is 5.13. The molecule has 2 rings (SSSR count). The standard InChI is InChI=1S/C14H15BrClNOS/c1-9(2)18-11-5-3-10(4-6-11)17-8-12-7-13(15)14(16)19-12/h3-7,9,17H,8H2,1-2H3. The monoisotopic (exact) mass is 359 g/mol. The molecule has 0 bridgehead atoms. The predicted octanol–water partition coefficient (Wildman–Crippen LogP) is 5.56. The fourth-order valence-electron chi connectivity index (χ4n) is 1.59. The molecule has 102 valence electrons. The summed E-state index contributed by atoms with van der Waals surface area (Å²) in [5.74, 6) is 0.891. The lowest BCUT2D eigenvalue weighted by atomic mass is 10.3. The van der Waals surface area contributed by atoms with Crippen molar-refractivity contribution in [3.63, 3.8) is 0 Å². The minimum atomic E-state index is 0.199. The van der Waals surface area contributed by atoms with E-state index in [0.717, 1.165) is 26.8 Å². The molecule has 0 amide bonds. The molecule has 0 spiro atoms. The third-order valence-corrected chi connectivity index (χ3v) is 4.86. The maximum Gasteiger partial charge on any atom is 0.119 e. The van der Waals surface area contributed by atoms with Crippen LogP contribution in [0, 0.1) is 0 Å². The summed E-state index contributed by atoms with van der Waals surface area (Å²) >= 11 is 11.0. The van der Waals surface area contributed by atoms with E-state index in [2.05, 4.69) is 21.2 Å². The Labute approximate surface area is 130 Å². The fraction of sp³-hybridized carbons (Fsp3) is 0.286. The molecule has 0 saturated carbocycles. The number of thiophene rings is 1. The second kappa shape index (κ2) is 6.64. The summed E-state index contributed by atoms with van der Waals surface area (Å²) in [6.45, 7) is 4.80. The van der Waals surface area contributed by atoms with Crippen molar-refractivity contribution >= 4 is 44.6 Å². The lowest BCUT2D eigenvalue weighted by molar-refractivity contribution is 0.242. The molecule has 2 nitrogen and oxygen atoms in total. The van der Waals surface area contributed by atoms with E-state index in [1.807, 2.05) is 44.2 Å². The van der Waals surface area contributed by atoms with Gasteiger partial charge in [0.1, 0.15) is 10.1 Å². The molecule has 2 aromatic rings. The van der Waals surface area contributed by atoms with Crippen LogP contribution in [0.3, 0.4) is 0 Å². The van der Waals surface area contributed by atoms with Gasteiger partial charge in [-0.2, -0.15) is 0 Å². The molecule has 0 aliphatic rings. The van der Waals surface area contributed by atoms with Crippen molar-refractivity contribution in [3.05, 3.63) is 44.0 Å². The van der Waals surface area contributed by atoms with Crippen molar-refractivity contribution in [2.24, 2.45) is 0 Å². The zero-order valence-electron chi connectivity index (χ0n) is 10.7. The van der Waals surface area contributed by atoms with Gasteiger partial charge in [-0.05, 0) is 60.1 Å². The number of halogens is 2.